The first kappa shape index (κ1) is 11.7. The molecule has 0 fully saturated rings. The van der Waals surface area contributed by atoms with Crippen LogP contribution in [0.2, 0.25) is 0 Å². The number of rotatable bonds is 4. The van der Waals surface area contributed by atoms with Crippen LogP contribution >= 0.6 is 0 Å². The van der Waals surface area contributed by atoms with Crippen LogP contribution in [0.15, 0.2) is 74.9 Å². The molecule has 0 saturated carbocycles. The van der Waals surface area contributed by atoms with E-state index in [0.29, 0.717) is 0 Å². The van der Waals surface area contributed by atoms with E-state index < -0.39 is 6.69 Å². The first-order valence-electron chi connectivity index (χ1n) is 6.50. The lowest BCUT2D eigenvalue weighted by atomic mass is 9.72. The topological polar surface area (TPSA) is 71.3 Å². The predicted molar refractivity (Wildman–Crippen MR) is 76.3 cm³/mol. The average Bonchev–Trinajstić information content (AvgIpc) is 3.32. The number of imidazole rings is 4. The van der Waals surface area contributed by atoms with Crippen LogP contribution in [0.25, 0.3) is 0 Å². The second-order valence-corrected chi connectivity index (χ2v) is 4.73. The second kappa shape index (κ2) is 4.48. The van der Waals surface area contributed by atoms with Crippen molar-refractivity contribution in [2.75, 3.05) is 0 Å². The first-order chi connectivity index (χ1) is 10.4. The Morgan fingerprint density at radius 1 is 0.476 bits per heavy atom. The molecular formula is C12H12BN8-. The SMILES string of the molecule is c1cn([B-](n2ccnc2)(n2ccnc2)n2ccnc2)cn1. The van der Waals surface area contributed by atoms with Gasteiger partial charge in [0.15, 0.2) is 0 Å². The monoisotopic (exact) mass is 279 g/mol. The number of nitrogens with zero attached hydrogens (tertiary/aromatic N) is 8. The summed E-state index contributed by atoms with van der Waals surface area (Å²) in [6.07, 6.45) is 21.8. The molecule has 21 heavy (non-hydrogen) atoms. The molecule has 0 atom stereocenters. The summed E-state index contributed by atoms with van der Waals surface area (Å²) >= 11 is 0. The van der Waals surface area contributed by atoms with Crippen LogP contribution in [0.4, 0.5) is 0 Å². The van der Waals surface area contributed by atoms with E-state index >= 15 is 0 Å². The molecule has 9 heteroatoms. The Hall–Kier alpha value is -3.10. The summed E-state index contributed by atoms with van der Waals surface area (Å²) in [4.78, 5) is 16.8. The summed E-state index contributed by atoms with van der Waals surface area (Å²) in [5.74, 6) is 0. The molecule has 0 spiro atoms. The van der Waals surface area contributed by atoms with Gasteiger partial charge in [0.2, 0.25) is 0 Å². The van der Waals surface area contributed by atoms with Gasteiger partial charge in [0, 0.05) is 24.8 Å². The van der Waals surface area contributed by atoms with Crippen LogP contribution < -0.4 is 0 Å². The highest BCUT2D eigenvalue weighted by atomic mass is 15.4. The Balaban J connectivity index is 2.10. The lowest BCUT2D eigenvalue weighted by Crippen LogP contribution is -2.62. The summed E-state index contributed by atoms with van der Waals surface area (Å²) < 4.78 is 8.08. The molecule has 0 saturated heterocycles. The molecular weight excluding hydrogens is 267 g/mol. The summed E-state index contributed by atoms with van der Waals surface area (Å²) in [7, 11) is 0. The molecule has 0 aromatic carbocycles. The highest BCUT2D eigenvalue weighted by molar-refractivity contribution is 6.73. The predicted octanol–water partition coefficient (Wildman–Crippen LogP) is 0.401. The van der Waals surface area contributed by atoms with Crippen molar-refractivity contribution in [1.29, 1.82) is 0 Å². The van der Waals surface area contributed by atoms with Gasteiger partial charge in [-0.15, -0.1) is 0 Å². The molecule has 4 heterocycles. The second-order valence-electron chi connectivity index (χ2n) is 4.73. The van der Waals surface area contributed by atoms with Gasteiger partial charge in [0.05, 0.1) is 25.3 Å². The Morgan fingerprint density at radius 2 is 0.762 bits per heavy atom. The molecule has 0 aliphatic heterocycles. The van der Waals surface area contributed by atoms with E-state index in [-0.39, 0.29) is 0 Å². The smallest absolute Gasteiger partial charge is 0.405 e. The molecule has 0 N–H and O–H groups in total. The minimum atomic E-state index is -1.64. The van der Waals surface area contributed by atoms with Crippen molar-refractivity contribution in [2.24, 2.45) is 0 Å². The summed E-state index contributed by atoms with van der Waals surface area (Å²) in [6, 6.07) is 0. The van der Waals surface area contributed by atoms with E-state index in [1.54, 1.807) is 50.1 Å². The van der Waals surface area contributed by atoms with Gasteiger partial charge in [-0.3, -0.25) is 0 Å². The standard InChI is InChI=1S/C12H12BN8/c1-5-18(9-14-1)13(19-6-2-15-10-19,20-7-3-16-11-20)21-8-4-17-12-21/h1-12H/q-1. The molecule has 0 amide bonds. The van der Waals surface area contributed by atoms with Crippen molar-refractivity contribution in [3.05, 3.63) is 74.9 Å². The minimum absolute atomic E-state index is 1.64. The van der Waals surface area contributed by atoms with Crippen molar-refractivity contribution < 1.29 is 0 Å². The molecule has 0 aliphatic carbocycles. The van der Waals surface area contributed by atoms with E-state index in [1.807, 2.05) is 42.7 Å². The third-order valence-corrected chi connectivity index (χ3v) is 3.70. The van der Waals surface area contributed by atoms with Gasteiger partial charge in [-0.25, -0.2) is 19.9 Å². The van der Waals surface area contributed by atoms with Gasteiger partial charge in [0.1, 0.15) is 0 Å². The summed E-state index contributed by atoms with van der Waals surface area (Å²) in [5, 5.41) is 0. The zero-order valence-electron chi connectivity index (χ0n) is 11.1. The number of aromatic nitrogens is 8. The average molecular weight is 279 g/mol. The van der Waals surface area contributed by atoms with E-state index in [1.165, 1.54) is 0 Å². The Kier molecular flexibility index (Phi) is 2.50. The third-order valence-electron chi connectivity index (χ3n) is 3.70. The van der Waals surface area contributed by atoms with Crippen LogP contribution in [0, 0.1) is 0 Å². The minimum Gasteiger partial charge on any atom is -0.455 e. The molecule has 104 valence electrons. The fourth-order valence-electron chi connectivity index (χ4n) is 2.82. The summed E-state index contributed by atoms with van der Waals surface area (Å²) in [6.45, 7) is -1.64. The number of hydrogen-bond donors (Lipinski definition) is 0. The van der Waals surface area contributed by atoms with Gasteiger partial charge < -0.3 is 17.9 Å². The molecule has 8 nitrogen and oxygen atoms in total. The first-order valence-corrected chi connectivity index (χ1v) is 6.50. The van der Waals surface area contributed by atoms with E-state index in [4.69, 9.17) is 0 Å². The quantitative estimate of drug-likeness (QED) is 0.507. The maximum atomic E-state index is 4.20. The Morgan fingerprint density at radius 3 is 0.952 bits per heavy atom. The van der Waals surface area contributed by atoms with Gasteiger partial charge in [-0.2, -0.15) is 0 Å². The van der Waals surface area contributed by atoms with Crippen molar-refractivity contribution in [2.45, 2.75) is 0 Å². The van der Waals surface area contributed by atoms with Gasteiger partial charge in [0.25, 0.3) is 0 Å². The lowest BCUT2D eigenvalue weighted by Gasteiger charge is -2.45. The molecule has 0 bridgehead atoms. The van der Waals surface area contributed by atoms with Crippen molar-refractivity contribution in [3.63, 3.8) is 0 Å². The van der Waals surface area contributed by atoms with Crippen LogP contribution in [0.5, 0.6) is 0 Å². The van der Waals surface area contributed by atoms with E-state index in [2.05, 4.69) is 19.9 Å². The number of hydrogen-bond acceptors (Lipinski definition) is 4. The van der Waals surface area contributed by atoms with Gasteiger partial charge in [-0.05, 0) is 24.8 Å². The highest BCUT2D eigenvalue weighted by Crippen LogP contribution is 2.16. The molecule has 0 aliphatic rings. The van der Waals surface area contributed by atoms with Crippen molar-refractivity contribution in [3.8, 4) is 0 Å². The highest BCUT2D eigenvalue weighted by Gasteiger charge is 2.34. The van der Waals surface area contributed by atoms with E-state index in [9.17, 15) is 0 Å². The normalized spacial score (nSPS) is 11.8. The Bertz CT molecular complexity index is 643. The van der Waals surface area contributed by atoms with Gasteiger partial charge in [-0.1, -0.05) is 0 Å². The summed E-state index contributed by atoms with van der Waals surface area (Å²) in [5.41, 5.74) is 0. The van der Waals surface area contributed by atoms with Crippen LogP contribution in [-0.2, 0) is 0 Å². The third kappa shape index (κ3) is 1.57. The fourth-order valence-corrected chi connectivity index (χ4v) is 2.82. The Labute approximate surface area is 120 Å². The van der Waals surface area contributed by atoms with E-state index in [0.717, 1.165) is 0 Å². The van der Waals surface area contributed by atoms with Crippen molar-refractivity contribution >= 4 is 6.69 Å². The lowest BCUT2D eigenvalue weighted by molar-refractivity contribution is 0.807. The van der Waals surface area contributed by atoms with Crippen molar-refractivity contribution in [1.82, 2.24) is 37.8 Å². The molecule has 4 aromatic heterocycles. The molecule has 4 rings (SSSR count). The van der Waals surface area contributed by atoms with Crippen LogP contribution in [0.3, 0.4) is 0 Å². The van der Waals surface area contributed by atoms with Crippen LogP contribution in [-0.4, -0.2) is 44.5 Å². The fraction of sp³-hybridized carbons (Fsp3) is 0. The molecule has 4 aromatic rings. The zero-order chi connectivity index (χ0) is 14.1. The maximum Gasteiger partial charge on any atom is 0.405 e. The zero-order valence-corrected chi connectivity index (χ0v) is 11.1. The maximum absolute atomic E-state index is 4.20. The van der Waals surface area contributed by atoms with Crippen LogP contribution in [0.1, 0.15) is 0 Å². The molecule has 0 unspecified atom stereocenters. The molecule has 0 radical (unpaired) electrons. The van der Waals surface area contributed by atoms with Gasteiger partial charge >= 0.3 is 6.69 Å². The largest absolute Gasteiger partial charge is 0.455 e.